The number of methoxy groups -OCH3 is 1. The SMILES string of the molecule is CCN(CC)C(=O)C1CCCN(C(CNCc2cccc(OC)c2)C(N)Cc2cc(F)cc(F)c2)C1. The number of ether oxygens (including phenoxy) is 1. The van der Waals surface area contributed by atoms with Crippen molar-refractivity contribution in [3.8, 4) is 5.75 Å². The number of hydrogen-bond acceptors (Lipinski definition) is 5. The first-order valence-corrected chi connectivity index (χ1v) is 12.9. The van der Waals surface area contributed by atoms with E-state index in [9.17, 15) is 13.6 Å². The maximum absolute atomic E-state index is 13.8. The third-order valence-corrected chi connectivity index (χ3v) is 7.05. The second-order valence-electron chi connectivity index (χ2n) is 9.54. The zero-order chi connectivity index (χ0) is 26.1. The maximum Gasteiger partial charge on any atom is 0.226 e. The summed E-state index contributed by atoms with van der Waals surface area (Å²) in [5, 5.41) is 3.51. The van der Waals surface area contributed by atoms with Crippen molar-refractivity contribution in [3.05, 3.63) is 65.2 Å². The number of nitrogens with zero attached hydrogens (tertiary/aromatic N) is 2. The van der Waals surface area contributed by atoms with Crippen molar-refractivity contribution in [3.63, 3.8) is 0 Å². The van der Waals surface area contributed by atoms with Crippen LogP contribution >= 0.6 is 0 Å². The van der Waals surface area contributed by atoms with Gasteiger partial charge in [0.2, 0.25) is 5.91 Å². The Morgan fingerprint density at radius 2 is 1.89 bits per heavy atom. The molecule has 36 heavy (non-hydrogen) atoms. The van der Waals surface area contributed by atoms with Gasteiger partial charge in [0.1, 0.15) is 17.4 Å². The lowest BCUT2D eigenvalue weighted by molar-refractivity contribution is -0.137. The molecule has 1 aliphatic rings. The Balaban J connectivity index is 1.74. The molecule has 3 N–H and O–H groups in total. The zero-order valence-electron chi connectivity index (χ0n) is 21.7. The molecular formula is C28H40F2N4O2. The lowest BCUT2D eigenvalue weighted by Gasteiger charge is -2.41. The summed E-state index contributed by atoms with van der Waals surface area (Å²) in [6, 6.07) is 10.9. The molecule has 0 saturated carbocycles. The van der Waals surface area contributed by atoms with E-state index in [1.165, 1.54) is 12.1 Å². The van der Waals surface area contributed by atoms with Gasteiger partial charge in [-0.1, -0.05) is 12.1 Å². The number of carbonyl (C=O) groups excluding carboxylic acids is 1. The third kappa shape index (κ3) is 7.72. The van der Waals surface area contributed by atoms with Crippen molar-refractivity contribution in [1.29, 1.82) is 0 Å². The van der Waals surface area contributed by atoms with Crippen molar-refractivity contribution < 1.29 is 18.3 Å². The summed E-state index contributed by atoms with van der Waals surface area (Å²) in [4.78, 5) is 17.3. The molecule has 3 atom stereocenters. The minimum Gasteiger partial charge on any atom is -0.497 e. The maximum atomic E-state index is 13.8. The van der Waals surface area contributed by atoms with Gasteiger partial charge >= 0.3 is 0 Å². The number of hydrogen-bond donors (Lipinski definition) is 2. The number of carbonyl (C=O) groups is 1. The summed E-state index contributed by atoms with van der Waals surface area (Å²) >= 11 is 0. The number of likely N-dealkylation sites (tertiary alicyclic amines) is 1. The van der Waals surface area contributed by atoms with Gasteiger partial charge in [0.25, 0.3) is 0 Å². The first kappa shape index (κ1) is 28.0. The molecule has 0 radical (unpaired) electrons. The highest BCUT2D eigenvalue weighted by Gasteiger charge is 2.33. The van der Waals surface area contributed by atoms with E-state index in [0.29, 0.717) is 44.7 Å². The lowest BCUT2D eigenvalue weighted by atomic mass is 9.92. The summed E-state index contributed by atoms with van der Waals surface area (Å²) in [7, 11) is 1.64. The van der Waals surface area contributed by atoms with Crippen LogP contribution in [0.5, 0.6) is 5.75 Å². The molecule has 1 fully saturated rings. The first-order chi connectivity index (χ1) is 17.3. The molecule has 1 amide bonds. The van der Waals surface area contributed by atoms with Gasteiger partial charge in [0.05, 0.1) is 13.0 Å². The largest absolute Gasteiger partial charge is 0.497 e. The molecule has 2 aromatic rings. The summed E-state index contributed by atoms with van der Waals surface area (Å²) < 4.78 is 32.9. The van der Waals surface area contributed by atoms with Crippen LogP contribution in [0.15, 0.2) is 42.5 Å². The number of piperidine rings is 1. The van der Waals surface area contributed by atoms with Crippen LogP contribution in [0.4, 0.5) is 8.78 Å². The normalized spacial score (nSPS) is 18.0. The number of nitrogens with two attached hydrogens (primary N) is 1. The Hall–Kier alpha value is -2.55. The van der Waals surface area contributed by atoms with Crippen LogP contribution in [0.3, 0.4) is 0 Å². The molecule has 0 aromatic heterocycles. The Kier molecular flexibility index (Phi) is 10.6. The fourth-order valence-corrected chi connectivity index (χ4v) is 5.14. The van der Waals surface area contributed by atoms with Gasteiger partial charge in [-0.05, 0) is 75.0 Å². The van der Waals surface area contributed by atoms with Gasteiger partial charge in [0.15, 0.2) is 0 Å². The smallest absolute Gasteiger partial charge is 0.226 e. The van der Waals surface area contributed by atoms with Crippen molar-refractivity contribution in [2.75, 3.05) is 39.8 Å². The Morgan fingerprint density at radius 3 is 2.56 bits per heavy atom. The van der Waals surface area contributed by atoms with Crippen LogP contribution in [-0.4, -0.2) is 67.6 Å². The van der Waals surface area contributed by atoms with Gasteiger partial charge in [-0.3, -0.25) is 9.69 Å². The summed E-state index contributed by atoms with van der Waals surface area (Å²) in [5.74, 6) is -0.295. The molecule has 2 aromatic carbocycles. The fourth-order valence-electron chi connectivity index (χ4n) is 5.14. The van der Waals surface area contributed by atoms with E-state index in [2.05, 4.69) is 10.2 Å². The van der Waals surface area contributed by atoms with Gasteiger partial charge < -0.3 is 20.7 Å². The van der Waals surface area contributed by atoms with E-state index < -0.39 is 11.6 Å². The molecule has 0 aliphatic carbocycles. The molecule has 6 nitrogen and oxygen atoms in total. The quantitative estimate of drug-likeness (QED) is 0.464. The van der Waals surface area contributed by atoms with Crippen molar-refractivity contribution in [2.45, 2.75) is 51.7 Å². The summed E-state index contributed by atoms with van der Waals surface area (Å²) in [5.41, 5.74) is 8.32. The minimum absolute atomic E-state index is 0.0710. The van der Waals surface area contributed by atoms with Gasteiger partial charge in [-0.15, -0.1) is 0 Å². The monoisotopic (exact) mass is 502 g/mol. The van der Waals surface area contributed by atoms with E-state index in [0.717, 1.165) is 36.8 Å². The number of nitrogens with one attached hydrogen (secondary N) is 1. The number of benzene rings is 2. The zero-order valence-corrected chi connectivity index (χ0v) is 21.7. The average Bonchev–Trinajstić information content (AvgIpc) is 2.86. The molecule has 198 valence electrons. The second kappa shape index (κ2) is 13.7. The molecular weight excluding hydrogens is 462 g/mol. The van der Waals surface area contributed by atoms with E-state index in [4.69, 9.17) is 10.5 Å². The highest BCUT2D eigenvalue weighted by Crippen LogP contribution is 2.23. The number of rotatable bonds is 12. The summed E-state index contributed by atoms with van der Waals surface area (Å²) in [6.45, 7) is 8.07. The second-order valence-corrected chi connectivity index (χ2v) is 9.54. The molecule has 1 saturated heterocycles. The van der Waals surface area contributed by atoms with Crippen LogP contribution in [0.1, 0.15) is 37.8 Å². The van der Waals surface area contributed by atoms with Crippen LogP contribution in [0.25, 0.3) is 0 Å². The molecule has 3 rings (SSSR count). The third-order valence-electron chi connectivity index (χ3n) is 7.05. The Morgan fingerprint density at radius 1 is 1.17 bits per heavy atom. The lowest BCUT2D eigenvalue weighted by Crippen LogP contribution is -2.57. The molecule has 1 aliphatic heterocycles. The minimum atomic E-state index is -0.604. The van der Waals surface area contributed by atoms with Crippen molar-refractivity contribution in [2.24, 2.45) is 11.7 Å². The molecule has 1 heterocycles. The van der Waals surface area contributed by atoms with E-state index >= 15 is 0 Å². The molecule has 8 heteroatoms. The van der Waals surface area contributed by atoms with Gasteiger partial charge in [-0.2, -0.15) is 0 Å². The Labute approximate surface area is 213 Å². The van der Waals surface area contributed by atoms with Crippen LogP contribution < -0.4 is 15.8 Å². The number of halogens is 2. The molecule has 0 bridgehead atoms. The van der Waals surface area contributed by atoms with Crippen molar-refractivity contribution >= 4 is 5.91 Å². The van der Waals surface area contributed by atoms with Crippen molar-refractivity contribution in [1.82, 2.24) is 15.1 Å². The standard InChI is InChI=1S/C28H40F2N4O2/c1-4-33(5-2)28(35)22-9-7-11-34(19-22)27(18-32-17-20-8-6-10-25(14-20)36-3)26(31)15-21-12-23(29)16-24(30)13-21/h6,8,10,12-14,16,22,26-27,32H,4-5,7,9,11,15,17-19,31H2,1-3H3. The highest BCUT2D eigenvalue weighted by molar-refractivity contribution is 5.79. The van der Waals surface area contributed by atoms with Crippen LogP contribution in [0.2, 0.25) is 0 Å². The van der Waals surface area contributed by atoms with Gasteiger partial charge in [0, 0.05) is 50.9 Å². The van der Waals surface area contributed by atoms with E-state index in [1.807, 2.05) is 43.0 Å². The molecule has 3 unspecified atom stereocenters. The van der Waals surface area contributed by atoms with E-state index in [-0.39, 0.29) is 23.9 Å². The Bertz CT molecular complexity index is 966. The topological polar surface area (TPSA) is 70.8 Å². The average molecular weight is 503 g/mol. The molecule has 0 spiro atoms. The van der Waals surface area contributed by atoms with Gasteiger partial charge in [-0.25, -0.2) is 8.78 Å². The predicted octanol–water partition coefficient (Wildman–Crippen LogP) is 3.58. The van der Waals surface area contributed by atoms with Crippen LogP contribution in [-0.2, 0) is 17.8 Å². The number of amides is 1. The summed E-state index contributed by atoms with van der Waals surface area (Å²) in [6.07, 6.45) is 2.11. The fraction of sp³-hybridized carbons (Fsp3) is 0.536. The highest BCUT2D eigenvalue weighted by atomic mass is 19.1. The van der Waals surface area contributed by atoms with E-state index in [1.54, 1.807) is 7.11 Å². The van der Waals surface area contributed by atoms with Crippen LogP contribution in [0, 0.1) is 17.6 Å². The first-order valence-electron chi connectivity index (χ1n) is 12.9. The predicted molar refractivity (Wildman–Crippen MR) is 139 cm³/mol.